The third-order valence-electron chi connectivity index (χ3n) is 5.38. The Morgan fingerprint density at radius 3 is 2.60 bits per heavy atom. The minimum absolute atomic E-state index is 0.0226. The second-order valence-electron chi connectivity index (χ2n) is 7.46. The van der Waals surface area contributed by atoms with Gasteiger partial charge in [-0.1, -0.05) is 26.0 Å². The second kappa shape index (κ2) is 7.81. The smallest absolute Gasteiger partial charge is 0.240 e. The van der Waals surface area contributed by atoms with Gasteiger partial charge >= 0.3 is 0 Å². The topological polar surface area (TPSA) is 67.6 Å². The Morgan fingerprint density at radius 1 is 1.40 bits per heavy atom. The van der Waals surface area contributed by atoms with Crippen molar-refractivity contribution in [3.63, 3.8) is 0 Å². The predicted octanol–water partition coefficient (Wildman–Crippen LogP) is 1.91. The number of nitrogens with two attached hydrogens (primary N) is 1. The number of ether oxygens (including phenoxy) is 1. The van der Waals surface area contributed by atoms with Crippen LogP contribution in [0.15, 0.2) is 24.3 Å². The number of nitrogens with zero attached hydrogens (tertiary/aromatic N) is 1. The highest BCUT2D eigenvalue weighted by atomic mass is 19.1. The molecule has 0 aliphatic heterocycles. The number of halogens is 1. The quantitative estimate of drug-likeness (QED) is 0.751. The summed E-state index contributed by atoms with van der Waals surface area (Å²) < 4.78 is 18.6. The van der Waals surface area contributed by atoms with Gasteiger partial charge in [0.1, 0.15) is 11.4 Å². The lowest BCUT2D eigenvalue weighted by Crippen LogP contribution is -2.75. The van der Waals surface area contributed by atoms with Crippen LogP contribution in [0.1, 0.15) is 32.8 Å². The molecule has 3 N–H and O–H groups in total. The van der Waals surface area contributed by atoms with Crippen LogP contribution in [0.4, 0.5) is 4.39 Å². The summed E-state index contributed by atoms with van der Waals surface area (Å²) in [5.41, 5.74) is 6.12. The van der Waals surface area contributed by atoms with Gasteiger partial charge in [-0.25, -0.2) is 4.39 Å². The molecule has 0 aromatic heterocycles. The summed E-state index contributed by atoms with van der Waals surface area (Å²) in [7, 11) is 1.96. The highest BCUT2D eigenvalue weighted by Gasteiger charge is 2.62. The number of rotatable bonds is 8. The Bertz CT molecular complexity index is 591. The molecule has 5 nitrogen and oxygen atoms in total. The van der Waals surface area contributed by atoms with Gasteiger partial charge in [-0.2, -0.15) is 0 Å². The summed E-state index contributed by atoms with van der Waals surface area (Å²) in [4.78, 5) is 14.6. The van der Waals surface area contributed by atoms with Crippen LogP contribution < -0.4 is 11.1 Å². The number of carbonyl (C=O) groups is 1. The number of hydrogen-bond acceptors (Lipinski definition) is 4. The molecule has 140 valence electrons. The van der Waals surface area contributed by atoms with Crippen LogP contribution in [0, 0.1) is 11.2 Å². The number of hydrogen-bond donors (Lipinski definition) is 2. The van der Waals surface area contributed by atoms with Crippen LogP contribution in [0.3, 0.4) is 0 Å². The Morgan fingerprint density at radius 2 is 2.04 bits per heavy atom. The zero-order chi connectivity index (χ0) is 18.7. The van der Waals surface area contributed by atoms with Gasteiger partial charge in [0.05, 0.1) is 6.10 Å². The Labute approximate surface area is 149 Å². The first-order valence-corrected chi connectivity index (χ1v) is 8.82. The van der Waals surface area contributed by atoms with Crippen molar-refractivity contribution >= 4 is 5.91 Å². The van der Waals surface area contributed by atoms with Crippen molar-refractivity contribution < 1.29 is 13.9 Å². The SMILES string of the molecule is CCOC1CC(N)(C(=O)NCCN(C)Cc2ccc(F)cc2)C1(C)C. The fourth-order valence-corrected chi connectivity index (χ4v) is 3.32. The monoisotopic (exact) mass is 351 g/mol. The van der Waals surface area contributed by atoms with E-state index in [1.807, 2.05) is 27.8 Å². The molecule has 1 saturated carbocycles. The normalized spacial score (nSPS) is 24.8. The summed E-state index contributed by atoms with van der Waals surface area (Å²) in [6.45, 7) is 8.44. The van der Waals surface area contributed by atoms with Gasteiger partial charge < -0.3 is 20.7 Å². The van der Waals surface area contributed by atoms with E-state index in [0.717, 1.165) is 5.56 Å². The van der Waals surface area contributed by atoms with E-state index in [4.69, 9.17) is 10.5 Å². The molecule has 2 rings (SSSR count). The number of amides is 1. The highest BCUT2D eigenvalue weighted by Crippen LogP contribution is 2.49. The molecule has 0 bridgehead atoms. The Kier molecular flexibility index (Phi) is 6.19. The number of nitrogens with one attached hydrogen (secondary N) is 1. The molecule has 0 saturated heterocycles. The van der Waals surface area contributed by atoms with Crippen LogP contribution in [-0.2, 0) is 16.1 Å². The van der Waals surface area contributed by atoms with E-state index in [2.05, 4.69) is 10.2 Å². The summed E-state index contributed by atoms with van der Waals surface area (Å²) in [6, 6.07) is 6.45. The molecule has 2 unspecified atom stereocenters. The van der Waals surface area contributed by atoms with Crippen LogP contribution in [0.5, 0.6) is 0 Å². The van der Waals surface area contributed by atoms with Crippen molar-refractivity contribution in [2.45, 2.75) is 45.4 Å². The Hall–Kier alpha value is -1.50. The van der Waals surface area contributed by atoms with Crippen LogP contribution >= 0.6 is 0 Å². The van der Waals surface area contributed by atoms with Crippen LogP contribution in [-0.4, -0.2) is 49.2 Å². The standard InChI is InChI=1S/C19H30FN3O2/c1-5-25-16-12-19(21,18(16,2)3)17(24)22-10-11-23(4)13-14-6-8-15(20)9-7-14/h6-9,16H,5,10-13,21H2,1-4H3,(H,22,24). The van der Waals surface area contributed by atoms with Crippen molar-refractivity contribution in [1.82, 2.24) is 10.2 Å². The molecule has 25 heavy (non-hydrogen) atoms. The summed E-state index contributed by atoms with van der Waals surface area (Å²) in [5, 5.41) is 2.95. The Balaban J connectivity index is 1.77. The van der Waals surface area contributed by atoms with E-state index in [1.165, 1.54) is 12.1 Å². The first-order valence-electron chi connectivity index (χ1n) is 8.82. The maximum atomic E-state index is 12.9. The molecule has 1 fully saturated rings. The van der Waals surface area contributed by atoms with Crippen molar-refractivity contribution in [1.29, 1.82) is 0 Å². The molecule has 0 radical (unpaired) electrons. The molecule has 0 spiro atoms. The number of benzene rings is 1. The summed E-state index contributed by atoms with van der Waals surface area (Å²) in [5.74, 6) is -0.357. The van der Waals surface area contributed by atoms with Gasteiger partial charge in [0.2, 0.25) is 5.91 Å². The fraction of sp³-hybridized carbons (Fsp3) is 0.632. The van der Waals surface area contributed by atoms with Gasteiger partial charge in [-0.15, -0.1) is 0 Å². The number of carbonyl (C=O) groups excluding carboxylic acids is 1. The summed E-state index contributed by atoms with van der Waals surface area (Å²) >= 11 is 0. The molecule has 1 aromatic carbocycles. The average Bonchev–Trinajstić information content (AvgIpc) is 2.56. The van der Waals surface area contributed by atoms with Gasteiger partial charge in [-0.05, 0) is 31.7 Å². The van der Waals surface area contributed by atoms with E-state index < -0.39 is 5.54 Å². The first kappa shape index (κ1) is 19.8. The maximum absolute atomic E-state index is 12.9. The van der Waals surface area contributed by atoms with E-state index in [0.29, 0.717) is 32.7 Å². The largest absolute Gasteiger partial charge is 0.378 e. The first-order chi connectivity index (χ1) is 11.7. The molecular formula is C19H30FN3O2. The summed E-state index contributed by atoms with van der Waals surface area (Å²) in [6.07, 6.45) is 0.569. The average molecular weight is 351 g/mol. The molecule has 1 amide bonds. The maximum Gasteiger partial charge on any atom is 0.240 e. The third-order valence-corrected chi connectivity index (χ3v) is 5.38. The van der Waals surface area contributed by atoms with Crippen molar-refractivity contribution in [2.75, 3.05) is 26.7 Å². The molecular weight excluding hydrogens is 321 g/mol. The van der Waals surface area contributed by atoms with Crippen molar-refractivity contribution in [2.24, 2.45) is 11.1 Å². The molecule has 0 heterocycles. The van der Waals surface area contributed by atoms with E-state index in [1.54, 1.807) is 12.1 Å². The molecule has 6 heteroatoms. The van der Waals surface area contributed by atoms with Gasteiger partial charge in [-0.3, -0.25) is 4.79 Å². The van der Waals surface area contributed by atoms with Crippen molar-refractivity contribution in [3.8, 4) is 0 Å². The molecule has 1 aliphatic rings. The van der Waals surface area contributed by atoms with Crippen LogP contribution in [0.2, 0.25) is 0 Å². The van der Waals surface area contributed by atoms with E-state index in [9.17, 15) is 9.18 Å². The van der Waals surface area contributed by atoms with Crippen molar-refractivity contribution in [3.05, 3.63) is 35.6 Å². The molecule has 2 atom stereocenters. The van der Waals surface area contributed by atoms with Gasteiger partial charge in [0.15, 0.2) is 0 Å². The van der Waals surface area contributed by atoms with Gasteiger partial charge in [0, 0.05) is 38.1 Å². The van der Waals surface area contributed by atoms with E-state index in [-0.39, 0.29) is 23.2 Å². The van der Waals surface area contributed by atoms with Crippen LogP contribution in [0.25, 0.3) is 0 Å². The third kappa shape index (κ3) is 4.19. The van der Waals surface area contributed by atoms with E-state index >= 15 is 0 Å². The lowest BCUT2D eigenvalue weighted by Gasteiger charge is -2.57. The zero-order valence-corrected chi connectivity index (χ0v) is 15.6. The lowest BCUT2D eigenvalue weighted by molar-refractivity contribution is -0.170. The zero-order valence-electron chi connectivity index (χ0n) is 15.6. The molecule has 1 aliphatic carbocycles. The molecule has 1 aromatic rings. The van der Waals surface area contributed by atoms with Gasteiger partial charge in [0.25, 0.3) is 0 Å². The highest BCUT2D eigenvalue weighted by molar-refractivity contribution is 5.88. The lowest BCUT2D eigenvalue weighted by atomic mass is 9.54. The fourth-order valence-electron chi connectivity index (χ4n) is 3.32. The minimum Gasteiger partial charge on any atom is -0.378 e. The minimum atomic E-state index is -0.887. The number of likely N-dealkylation sites (N-methyl/N-ethyl adjacent to an activating group) is 1. The predicted molar refractivity (Wildman–Crippen MR) is 96.5 cm³/mol. The second-order valence-corrected chi connectivity index (χ2v) is 7.46.